The van der Waals surface area contributed by atoms with Gasteiger partial charge in [-0.25, -0.2) is 4.44 Å². The highest BCUT2D eigenvalue weighted by Gasteiger charge is 2.38. The van der Waals surface area contributed by atoms with Crippen LogP contribution < -0.4 is 21.2 Å². The summed E-state index contributed by atoms with van der Waals surface area (Å²) >= 11 is 0. The SMILES string of the molecule is CC(C)C1CCC(N(P(c2ccccc2)c2ccccc2)P(c2ccccc2)c2ccccc2)CC1. The Balaban J connectivity index is 1.68. The van der Waals surface area contributed by atoms with Crippen LogP contribution in [0.3, 0.4) is 0 Å². The maximum Gasteiger partial charge on any atom is 0.0325 e. The van der Waals surface area contributed by atoms with Gasteiger partial charge in [0.2, 0.25) is 0 Å². The topological polar surface area (TPSA) is 3.24 Å². The van der Waals surface area contributed by atoms with E-state index in [1.807, 2.05) is 0 Å². The number of hydrogen-bond acceptors (Lipinski definition) is 1. The monoisotopic (exact) mass is 509 g/mol. The molecule has 0 unspecified atom stereocenters. The minimum atomic E-state index is -0.691. The fourth-order valence-corrected chi connectivity index (χ4v) is 11.9. The maximum atomic E-state index is 3.00. The maximum absolute atomic E-state index is 3.00. The second-order valence-corrected chi connectivity index (χ2v) is 14.6. The van der Waals surface area contributed by atoms with E-state index in [0.29, 0.717) is 6.04 Å². The Hall–Kier alpha value is -2.30. The third-order valence-corrected chi connectivity index (χ3v) is 13.1. The predicted octanol–water partition coefficient (Wildman–Crippen LogP) is 7.60. The molecule has 4 aromatic carbocycles. The lowest BCUT2D eigenvalue weighted by atomic mass is 9.80. The summed E-state index contributed by atoms with van der Waals surface area (Å²) in [4.78, 5) is 0. The lowest BCUT2D eigenvalue weighted by molar-refractivity contribution is 0.229. The standard InChI is InChI=1S/C33H37NP2/c1-27(2)28-23-25-29(26-24-28)34(35(30-15-7-3-8-16-30)31-17-9-4-10-18-31)36(32-19-11-5-12-20-32)33-21-13-6-14-22-33/h3-22,27-29H,23-26H2,1-2H3. The van der Waals surface area contributed by atoms with Gasteiger partial charge in [-0.1, -0.05) is 135 Å². The summed E-state index contributed by atoms with van der Waals surface area (Å²) in [5.74, 6) is 1.62. The zero-order valence-electron chi connectivity index (χ0n) is 21.4. The van der Waals surface area contributed by atoms with Gasteiger partial charge in [0, 0.05) is 22.2 Å². The van der Waals surface area contributed by atoms with Crippen LogP contribution >= 0.6 is 16.1 Å². The Morgan fingerprint density at radius 3 is 1.08 bits per heavy atom. The molecule has 0 aliphatic heterocycles. The van der Waals surface area contributed by atoms with Gasteiger partial charge in [-0.05, 0) is 58.7 Å². The van der Waals surface area contributed by atoms with Gasteiger partial charge >= 0.3 is 0 Å². The molecule has 0 bridgehead atoms. The van der Waals surface area contributed by atoms with Gasteiger partial charge in [0.1, 0.15) is 0 Å². The van der Waals surface area contributed by atoms with Crippen molar-refractivity contribution in [2.24, 2.45) is 11.8 Å². The molecule has 0 spiro atoms. The number of hydrogen-bond donors (Lipinski definition) is 0. The lowest BCUT2D eigenvalue weighted by Crippen LogP contribution is -2.40. The van der Waals surface area contributed by atoms with Gasteiger partial charge in [-0.3, -0.25) is 0 Å². The van der Waals surface area contributed by atoms with E-state index in [0.717, 1.165) is 11.8 Å². The summed E-state index contributed by atoms with van der Waals surface area (Å²) in [7, 11) is -1.38. The highest BCUT2D eigenvalue weighted by atomic mass is 31.2. The average Bonchev–Trinajstić information content (AvgIpc) is 2.95. The lowest BCUT2D eigenvalue weighted by Gasteiger charge is -2.46. The van der Waals surface area contributed by atoms with Crippen molar-refractivity contribution in [2.45, 2.75) is 45.6 Å². The first kappa shape index (κ1) is 25.4. The molecule has 0 radical (unpaired) electrons. The molecule has 0 saturated heterocycles. The van der Waals surface area contributed by atoms with E-state index in [1.54, 1.807) is 0 Å². The molecule has 0 atom stereocenters. The molecule has 0 N–H and O–H groups in total. The van der Waals surface area contributed by atoms with Gasteiger partial charge < -0.3 is 0 Å². The van der Waals surface area contributed by atoms with Gasteiger partial charge in [-0.15, -0.1) is 0 Å². The Labute approximate surface area is 220 Å². The van der Waals surface area contributed by atoms with E-state index in [4.69, 9.17) is 0 Å². The Bertz CT molecular complexity index is 1010. The molecule has 5 rings (SSSR count). The van der Waals surface area contributed by atoms with E-state index in [1.165, 1.54) is 46.9 Å². The van der Waals surface area contributed by atoms with E-state index in [-0.39, 0.29) is 0 Å². The largest absolute Gasteiger partial charge is 0.242 e. The van der Waals surface area contributed by atoms with Crippen LogP contribution in [-0.4, -0.2) is 10.5 Å². The smallest absolute Gasteiger partial charge is 0.0325 e. The van der Waals surface area contributed by atoms with Crippen LogP contribution in [0.25, 0.3) is 0 Å². The third-order valence-electron chi connectivity index (χ3n) is 7.42. The summed E-state index contributed by atoms with van der Waals surface area (Å²) in [6, 6.07) is 45.8. The Morgan fingerprint density at radius 1 is 0.500 bits per heavy atom. The van der Waals surface area contributed by atoms with Crippen LogP contribution in [0.4, 0.5) is 0 Å². The van der Waals surface area contributed by atoms with Crippen molar-refractivity contribution in [2.75, 3.05) is 0 Å². The van der Waals surface area contributed by atoms with Crippen LogP contribution in [0.15, 0.2) is 121 Å². The van der Waals surface area contributed by atoms with Crippen LogP contribution in [-0.2, 0) is 0 Å². The van der Waals surface area contributed by atoms with E-state index >= 15 is 0 Å². The molecule has 1 nitrogen and oxygen atoms in total. The Morgan fingerprint density at radius 2 is 0.806 bits per heavy atom. The average molecular weight is 510 g/mol. The molecule has 0 amide bonds. The summed E-state index contributed by atoms with van der Waals surface area (Å²) in [6.07, 6.45) is 5.22. The molecule has 3 heteroatoms. The van der Waals surface area contributed by atoms with Crippen molar-refractivity contribution in [3.8, 4) is 0 Å². The van der Waals surface area contributed by atoms with Crippen LogP contribution in [0.1, 0.15) is 39.5 Å². The highest BCUT2D eigenvalue weighted by Crippen LogP contribution is 2.58. The number of nitrogens with zero attached hydrogens (tertiary/aromatic N) is 1. The van der Waals surface area contributed by atoms with Crippen molar-refractivity contribution in [3.05, 3.63) is 121 Å². The van der Waals surface area contributed by atoms with Crippen molar-refractivity contribution >= 4 is 37.4 Å². The summed E-state index contributed by atoms with van der Waals surface area (Å²) in [5.41, 5.74) is 0. The summed E-state index contributed by atoms with van der Waals surface area (Å²) in [6.45, 7) is 4.81. The molecular formula is C33H37NP2. The zero-order chi connectivity index (χ0) is 24.7. The van der Waals surface area contributed by atoms with Crippen molar-refractivity contribution < 1.29 is 0 Å². The molecular weight excluding hydrogens is 472 g/mol. The van der Waals surface area contributed by atoms with Gasteiger partial charge in [0.05, 0.1) is 0 Å². The Kier molecular flexibility index (Phi) is 8.66. The summed E-state index contributed by atoms with van der Waals surface area (Å²) in [5, 5.41) is 5.79. The highest BCUT2D eigenvalue weighted by molar-refractivity contribution is 7.84. The molecule has 1 fully saturated rings. The fourth-order valence-electron chi connectivity index (χ4n) is 5.46. The first-order valence-electron chi connectivity index (χ1n) is 13.3. The zero-order valence-corrected chi connectivity index (χ0v) is 23.2. The quantitative estimate of drug-likeness (QED) is 0.221. The first-order chi connectivity index (χ1) is 17.7. The molecule has 4 aromatic rings. The number of rotatable bonds is 8. The van der Waals surface area contributed by atoms with E-state index < -0.39 is 16.1 Å². The second-order valence-electron chi connectivity index (χ2n) is 10.1. The number of benzene rings is 4. The molecule has 0 heterocycles. The van der Waals surface area contributed by atoms with Crippen molar-refractivity contribution in [1.82, 2.24) is 4.44 Å². The third kappa shape index (κ3) is 5.81. The molecule has 184 valence electrons. The minimum Gasteiger partial charge on any atom is -0.242 e. The molecule has 0 aromatic heterocycles. The molecule has 1 aliphatic rings. The minimum absolute atomic E-state index is 0.568. The first-order valence-corrected chi connectivity index (χ1v) is 15.9. The van der Waals surface area contributed by atoms with Crippen LogP contribution in [0.2, 0.25) is 0 Å². The van der Waals surface area contributed by atoms with Gasteiger partial charge in [0.25, 0.3) is 0 Å². The van der Waals surface area contributed by atoms with Crippen LogP contribution in [0, 0.1) is 11.8 Å². The van der Waals surface area contributed by atoms with Gasteiger partial charge in [0.15, 0.2) is 0 Å². The van der Waals surface area contributed by atoms with Crippen LogP contribution in [0.5, 0.6) is 0 Å². The molecule has 1 aliphatic carbocycles. The van der Waals surface area contributed by atoms with Crippen molar-refractivity contribution in [3.63, 3.8) is 0 Å². The normalized spacial score (nSPS) is 18.3. The molecule has 1 saturated carbocycles. The predicted molar refractivity (Wildman–Crippen MR) is 161 cm³/mol. The van der Waals surface area contributed by atoms with Gasteiger partial charge in [-0.2, -0.15) is 0 Å². The van der Waals surface area contributed by atoms with Crippen molar-refractivity contribution in [1.29, 1.82) is 0 Å². The fraction of sp³-hybridized carbons (Fsp3) is 0.273. The van der Waals surface area contributed by atoms with E-state index in [2.05, 4.69) is 140 Å². The molecule has 36 heavy (non-hydrogen) atoms. The second kappa shape index (κ2) is 12.3. The summed E-state index contributed by atoms with van der Waals surface area (Å²) < 4.78 is 3.00. The van der Waals surface area contributed by atoms with E-state index in [9.17, 15) is 0 Å².